The van der Waals surface area contributed by atoms with Crippen LogP contribution < -0.4 is 15.8 Å². The Balaban J connectivity index is 1.90. The Hall–Kier alpha value is -3.06. The predicted octanol–water partition coefficient (Wildman–Crippen LogP) is 4.95. The van der Waals surface area contributed by atoms with Crippen LogP contribution in [0.1, 0.15) is 75.6 Å². The lowest BCUT2D eigenvalue weighted by atomic mass is 9.72. The lowest BCUT2D eigenvalue weighted by Crippen LogP contribution is -2.40. The predicted molar refractivity (Wildman–Crippen MR) is 144 cm³/mol. The molecule has 3 rings (SSSR count). The monoisotopic (exact) mass is 494 g/mol. The molecule has 0 bridgehead atoms. The van der Waals surface area contributed by atoms with Crippen LogP contribution in [0, 0.1) is 12.3 Å². The van der Waals surface area contributed by atoms with Gasteiger partial charge in [-0.25, -0.2) is 4.98 Å². The van der Waals surface area contributed by atoms with Crippen LogP contribution in [-0.2, 0) is 17.9 Å². The number of aryl methyl sites for hydroxylation is 1. The first-order valence-electron chi connectivity index (χ1n) is 12.8. The first-order chi connectivity index (χ1) is 16.9. The van der Waals surface area contributed by atoms with Gasteiger partial charge in [-0.15, -0.1) is 0 Å². The summed E-state index contributed by atoms with van der Waals surface area (Å²) in [5.41, 5.74) is 10.1. The average molecular weight is 495 g/mol. The lowest BCUT2D eigenvalue weighted by molar-refractivity contribution is -0.148. The number of allylic oxidation sites excluding steroid dienone is 1. The van der Waals surface area contributed by atoms with Crippen LogP contribution in [0.3, 0.4) is 0 Å². The van der Waals surface area contributed by atoms with Gasteiger partial charge < -0.3 is 20.9 Å². The number of nitrogens with zero attached hydrogens (tertiary/aromatic N) is 2. The molecule has 2 heterocycles. The Bertz CT molecular complexity index is 1090. The fourth-order valence-corrected chi connectivity index (χ4v) is 4.91. The van der Waals surface area contributed by atoms with Gasteiger partial charge in [0.2, 0.25) is 5.88 Å². The van der Waals surface area contributed by atoms with Crippen molar-refractivity contribution in [1.29, 1.82) is 0 Å². The van der Waals surface area contributed by atoms with Gasteiger partial charge in [0.15, 0.2) is 0 Å². The van der Waals surface area contributed by atoms with Crippen molar-refractivity contribution in [2.24, 2.45) is 11.1 Å². The summed E-state index contributed by atoms with van der Waals surface area (Å²) in [6, 6.07) is 10.4. The van der Waals surface area contributed by atoms with Crippen LogP contribution in [0.4, 0.5) is 0 Å². The van der Waals surface area contributed by atoms with Gasteiger partial charge in [-0.3, -0.25) is 9.69 Å². The summed E-state index contributed by atoms with van der Waals surface area (Å²) in [5.74, 6) is -0.293. The zero-order chi connectivity index (χ0) is 26.5. The summed E-state index contributed by atoms with van der Waals surface area (Å²) >= 11 is 0. The Morgan fingerprint density at radius 2 is 2.11 bits per heavy atom. The molecule has 0 fully saturated rings. The summed E-state index contributed by atoms with van der Waals surface area (Å²) in [5, 5.41) is 13.2. The standard InChI is InChI=1S/C29H42N4O3/c1-7-31-16-24(30)12-13-25(29(5,6)27(34)35)21-11-10-20(2)23(15-21)18-33-17-22-9-8-14-32-26(22)36-28(3,4)19-33/h8-11,14-16,25,31H,7,12-13,17-19,30H2,1-6H3,(H,34,35)/b24-16-. The SMILES string of the molecule is CCN/C=C(\N)CCC(c1ccc(C)c(CN2Cc3cccnc3OC(C)(C)C2)c1)C(C)(C)C(=O)O. The third kappa shape index (κ3) is 6.78. The van der Waals surface area contributed by atoms with Gasteiger partial charge in [0.25, 0.3) is 0 Å². The number of hydrogen-bond acceptors (Lipinski definition) is 6. The second-order valence-electron chi connectivity index (χ2n) is 11.1. The van der Waals surface area contributed by atoms with Crippen molar-refractivity contribution in [3.05, 3.63) is 70.7 Å². The fourth-order valence-electron chi connectivity index (χ4n) is 4.91. The molecule has 0 radical (unpaired) electrons. The molecule has 0 spiro atoms. The summed E-state index contributed by atoms with van der Waals surface area (Å²) in [7, 11) is 0. The molecule has 0 saturated carbocycles. The number of nitrogens with two attached hydrogens (primary N) is 1. The Morgan fingerprint density at radius 1 is 1.36 bits per heavy atom. The van der Waals surface area contributed by atoms with E-state index in [9.17, 15) is 9.90 Å². The van der Waals surface area contributed by atoms with Crippen LogP contribution in [0.25, 0.3) is 0 Å². The van der Waals surface area contributed by atoms with Crippen LogP contribution in [-0.4, -0.2) is 39.7 Å². The number of benzene rings is 1. The van der Waals surface area contributed by atoms with Crippen LogP contribution >= 0.6 is 0 Å². The van der Waals surface area contributed by atoms with Gasteiger partial charge >= 0.3 is 5.97 Å². The molecule has 1 aromatic carbocycles. The molecule has 4 N–H and O–H groups in total. The number of nitrogens with one attached hydrogen (secondary N) is 1. The third-order valence-corrected chi connectivity index (χ3v) is 7.03. The van der Waals surface area contributed by atoms with Crippen molar-refractivity contribution in [3.8, 4) is 5.88 Å². The maximum atomic E-state index is 12.3. The number of rotatable bonds is 10. The Labute approximate surface area is 215 Å². The molecule has 7 heteroatoms. The van der Waals surface area contributed by atoms with E-state index in [2.05, 4.69) is 60.2 Å². The maximum absolute atomic E-state index is 12.3. The van der Waals surface area contributed by atoms with Crippen molar-refractivity contribution in [2.45, 2.75) is 79.0 Å². The Kier molecular flexibility index (Phi) is 8.67. The van der Waals surface area contributed by atoms with E-state index in [1.165, 1.54) is 11.1 Å². The average Bonchev–Trinajstić information content (AvgIpc) is 2.93. The zero-order valence-electron chi connectivity index (χ0n) is 22.6. The molecule has 0 aliphatic carbocycles. The normalized spacial score (nSPS) is 17.0. The third-order valence-electron chi connectivity index (χ3n) is 7.03. The van der Waals surface area contributed by atoms with Crippen molar-refractivity contribution in [1.82, 2.24) is 15.2 Å². The minimum absolute atomic E-state index is 0.184. The number of carbonyl (C=O) groups is 1. The molecule has 1 aliphatic heterocycles. The number of aliphatic carboxylic acids is 1. The number of carboxylic acid groups (broad SMARTS) is 1. The van der Waals surface area contributed by atoms with E-state index >= 15 is 0 Å². The number of ether oxygens (including phenoxy) is 1. The smallest absolute Gasteiger partial charge is 0.309 e. The van der Waals surface area contributed by atoms with Gasteiger partial charge in [0, 0.05) is 49.8 Å². The van der Waals surface area contributed by atoms with Crippen molar-refractivity contribution in [3.63, 3.8) is 0 Å². The van der Waals surface area contributed by atoms with E-state index in [1.807, 2.05) is 33.0 Å². The molecule has 2 aromatic rings. The molecular weight excluding hydrogens is 452 g/mol. The fraction of sp³-hybridized carbons (Fsp3) is 0.517. The summed E-state index contributed by atoms with van der Waals surface area (Å²) in [6.07, 6.45) is 4.86. The zero-order valence-corrected chi connectivity index (χ0v) is 22.6. The van der Waals surface area contributed by atoms with Crippen molar-refractivity contribution in [2.75, 3.05) is 13.1 Å². The molecule has 1 aromatic heterocycles. The highest BCUT2D eigenvalue weighted by Gasteiger charge is 2.38. The molecule has 1 unspecified atom stereocenters. The highest BCUT2D eigenvalue weighted by atomic mass is 16.5. The maximum Gasteiger partial charge on any atom is 0.309 e. The van der Waals surface area contributed by atoms with Crippen LogP contribution in [0.2, 0.25) is 0 Å². The van der Waals surface area contributed by atoms with Gasteiger partial charge in [-0.1, -0.05) is 24.3 Å². The second-order valence-corrected chi connectivity index (χ2v) is 11.1. The molecular formula is C29H42N4O3. The van der Waals surface area contributed by atoms with Gasteiger partial charge in [-0.2, -0.15) is 0 Å². The first kappa shape index (κ1) is 27.5. The summed E-state index contributed by atoms with van der Waals surface area (Å²) < 4.78 is 6.22. The molecule has 0 saturated heterocycles. The number of aromatic nitrogens is 1. The van der Waals surface area contributed by atoms with E-state index in [0.717, 1.165) is 43.0 Å². The molecule has 196 valence electrons. The lowest BCUT2D eigenvalue weighted by Gasteiger charge is -2.32. The number of fused-ring (bicyclic) bond motifs is 1. The number of hydrogen-bond donors (Lipinski definition) is 3. The molecule has 1 atom stereocenters. The van der Waals surface area contributed by atoms with E-state index in [0.29, 0.717) is 18.7 Å². The topological polar surface area (TPSA) is 101 Å². The van der Waals surface area contributed by atoms with E-state index in [-0.39, 0.29) is 11.5 Å². The molecule has 1 aliphatic rings. The molecule has 0 amide bonds. The van der Waals surface area contributed by atoms with E-state index < -0.39 is 11.4 Å². The minimum atomic E-state index is -0.936. The van der Waals surface area contributed by atoms with Crippen LogP contribution in [0.5, 0.6) is 5.88 Å². The van der Waals surface area contributed by atoms with E-state index in [4.69, 9.17) is 10.5 Å². The quantitative estimate of drug-likeness (QED) is 0.430. The Morgan fingerprint density at radius 3 is 2.81 bits per heavy atom. The van der Waals surface area contributed by atoms with Gasteiger partial charge in [0.1, 0.15) is 5.60 Å². The summed E-state index contributed by atoms with van der Waals surface area (Å²) in [4.78, 5) is 19.1. The van der Waals surface area contributed by atoms with Crippen LogP contribution in [0.15, 0.2) is 48.4 Å². The molecule has 36 heavy (non-hydrogen) atoms. The highest BCUT2D eigenvalue weighted by Crippen LogP contribution is 2.40. The second kappa shape index (κ2) is 11.3. The first-order valence-corrected chi connectivity index (χ1v) is 12.8. The van der Waals surface area contributed by atoms with Crippen molar-refractivity contribution < 1.29 is 14.6 Å². The van der Waals surface area contributed by atoms with Gasteiger partial charge in [-0.05, 0) is 83.1 Å². The summed E-state index contributed by atoms with van der Waals surface area (Å²) in [6.45, 7) is 14.9. The van der Waals surface area contributed by atoms with E-state index in [1.54, 1.807) is 6.20 Å². The van der Waals surface area contributed by atoms with Crippen molar-refractivity contribution >= 4 is 5.97 Å². The number of carboxylic acids is 1. The minimum Gasteiger partial charge on any atom is -0.481 e. The van der Waals surface area contributed by atoms with Gasteiger partial charge in [0.05, 0.1) is 5.41 Å². The largest absolute Gasteiger partial charge is 0.481 e. The highest BCUT2D eigenvalue weighted by molar-refractivity contribution is 5.75. The number of pyridine rings is 1. The molecule has 7 nitrogen and oxygen atoms in total.